The number of rotatable bonds is 4. The molecule has 0 aliphatic heterocycles. The van der Waals surface area contributed by atoms with Gasteiger partial charge in [0.15, 0.2) is 0 Å². The minimum absolute atomic E-state index is 0.0285. The van der Waals surface area contributed by atoms with Crippen LogP contribution in [0.4, 0.5) is 8.78 Å². The Bertz CT molecular complexity index is 662. The maximum atomic E-state index is 13.6. The first-order valence-corrected chi connectivity index (χ1v) is 6.01. The number of benzene rings is 2. The Morgan fingerprint density at radius 2 is 1.90 bits per heavy atom. The highest BCUT2D eigenvalue weighted by Crippen LogP contribution is 2.21. The summed E-state index contributed by atoms with van der Waals surface area (Å²) in [5.74, 6) is -1.63. The molecule has 0 fully saturated rings. The Morgan fingerprint density at radius 3 is 2.55 bits per heavy atom. The van der Waals surface area contributed by atoms with Gasteiger partial charge in [-0.05, 0) is 30.3 Å². The lowest BCUT2D eigenvalue weighted by molar-refractivity contribution is 0.1000. The van der Waals surface area contributed by atoms with Crippen molar-refractivity contribution in [1.82, 2.24) is 0 Å². The average molecular weight is 298 g/mol. The average Bonchev–Trinajstić information content (AvgIpc) is 2.41. The zero-order valence-corrected chi connectivity index (χ0v) is 11.0. The molecule has 0 saturated carbocycles. The van der Waals surface area contributed by atoms with Crippen molar-refractivity contribution in [3.63, 3.8) is 0 Å². The van der Waals surface area contributed by atoms with E-state index < -0.39 is 17.5 Å². The van der Waals surface area contributed by atoms with Crippen LogP contribution in [0.25, 0.3) is 0 Å². The summed E-state index contributed by atoms with van der Waals surface area (Å²) in [5, 5.41) is -0.0285. The van der Waals surface area contributed by atoms with Gasteiger partial charge in [-0.15, -0.1) is 0 Å². The molecule has 2 N–H and O–H groups in total. The van der Waals surface area contributed by atoms with E-state index in [2.05, 4.69) is 0 Å². The smallest absolute Gasteiger partial charge is 0.248 e. The predicted molar refractivity (Wildman–Crippen MR) is 70.7 cm³/mol. The van der Waals surface area contributed by atoms with E-state index in [-0.39, 0.29) is 28.5 Å². The Balaban J connectivity index is 2.15. The maximum Gasteiger partial charge on any atom is 0.248 e. The zero-order valence-electron chi connectivity index (χ0n) is 10.2. The van der Waals surface area contributed by atoms with Gasteiger partial charge < -0.3 is 10.5 Å². The second-order valence-electron chi connectivity index (χ2n) is 4.04. The molecule has 104 valence electrons. The monoisotopic (exact) mass is 297 g/mol. The SMILES string of the molecule is NC(=O)c1ccc(F)c(COc2ccc(Cl)c(F)c2)c1. The Morgan fingerprint density at radius 1 is 1.15 bits per heavy atom. The Hall–Kier alpha value is -2.14. The molecular formula is C14H10ClF2NO2. The molecule has 2 rings (SSSR count). The molecule has 6 heteroatoms. The van der Waals surface area contributed by atoms with Crippen molar-refractivity contribution in [1.29, 1.82) is 0 Å². The summed E-state index contributed by atoms with van der Waals surface area (Å²) in [5.41, 5.74) is 5.43. The van der Waals surface area contributed by atoms with E-state index in [4.69, 9.17) is 22.1 Å². The van der Waals surface area contributed by atoms with E-state index in [0.717, 1.165) is 12.1 Å². The minimum Gasteiger partial charge on any atom is -0.489 e. The van der Waals surface area contributed by atoms with Gasteiger partial charge in [-0.3, -0.25) is 4.79 Å². The van der Waals surface area contributed by atoms with E-state index in [1.165, 1.54) is 24.3 Å². The molecule has 0 aliphatic carbocycles. The van der Waals surface area contributed by atoms with Crippen LogP contribution in [0, 0.1) is 11.6 Å². The second kappa shape index (κ2) is 5.88. The van der Waals surface area contributed by atoms with Crippen LogP contribution in [-0.2, 0) is 6.61 Å². The van der Waals surface area contributed by atoms with Crippen LogP contribution in [0.5, 0.6) is 5.75 Å². The zero-order chi connectivity index (χ0) is 14.7. The van der Waals surface area contributed by atoms with Crippen molar-refractivity contribution in [2.75, 3.05) is 0 Å². The van der Waals surface area contributed by atoms with Crippen molar-refractivity contribution in [2.45, 2.75) is 6.61 Å². The molecule has 1 amide bonds. The van der Waals surface area contributed by atoms with Crippen LogP contribution in [-0.4, -0.2) is 5.91 Å². The molecule has 2 aromatic carbocycles. The van der Waals surface area contributed by atoms with Crippen molar-refractivity contribution in [2.24, 2.45) is 5.73 Å². The van der Waals surface area contributed by atoms with Gasteiger partial charge in [0.25, 0.3) is 0 Å². The molecule has 0 radical (unpaired) electrons. The summed E-state index contributed by atoms with van der Waals surface area (Å²) in [6.07, 6.45) is 0. The first-order chi connectivity index (χ1) is 9.47. The van der Waals surface area contributed by atoms with Gasteiger partial charge in [-0.25, -0.2) is 8.78 Å². The van der Waals surface area contributed by atoms with Crippen LogP contribution < -0.4 is 10.5 Å². The lowest BCUT2D eigenvalue weighted by atomic mass is 10.1. The molecule has 0 bridgehead atoms. The highest BCUT2D eigenvalue weighted by molar-refractivity contribution is 6.30. The van der Waals surface area contributed by atoms with Crippen molar-refractivity contribution in [3.8, 4) is 5.75 Å². The van der Waals surface area contributed by atoms with E-state index in [0.29, 0.717) is 0 Å². The fourth-order valence-corrected chi connectivity index (χ4v) is 1.68. The van der Waals surface area contributed by atoms with E-state index in [1.54, 1.807) is 0 Å². The number of amides is 1. The third-order valence-corrected chi connectivity index (χ3v) is 2.92. The minimum atomic E-state index is -0.663. The summed E-state index contributed by atoms with van der Waals surface area (Å²) in [6, 6.07) is 7.59. The molecule has 0 heterocycles. The van der Waals surface area contributed by atoms with Crippen molar-refractivity contribution < 1.29 is 18.3 Å². The third kappa shape index (κ3) is 3.24. The number of ether oxygens (including phenoxy) is 1. The fraction of sp³-hybridized carbons (Fsp3) is 0.0714. The highest BCUT2D eigenvalue weighted by Gasteiger charge is 2.09. The third-order valence-electron chi connectivity index (χ3n) is 2.62. The number of carbonyl (C=O) groups excluding carboxylic acids is 1. The van der Waals surface area contributed by atoms with Crippen LogP contribution in [0.1, 0.15) is 15.9 Å². The van der Waals surface area contributed by atoms with Gasteiger partial charge in [0.1, 0.15) is 24.0 Å². The summed E-state index contributed by atoms with van der Waals surface area (Å²) < 4.78 is 32.0. The topological polar surface area (TPSA) is 52.3 Å². The largest absolute Gasteiger partial charge is 0.489 e. The number of nitrogens with two attached hydrogens (primary N) is 1. The number of primary amides is 1. The van der Waals surface area contributed by atoms with E-state index in [1.807, 2.05) is 0 Å². The van der Waals surface area contributed by atoms with Crippen LogP contribution in [0.15, 0.2) is 36.4 Å². The van der Waals surface area contributed by atoms with E-state index >= 15 is 0 Å². The summed E-state index contributed by atoms with van der Waals surface area (Å²) in [7, 11) is 0. The van der Waals surface area contributed by atoms with Gasteiger partial charge in [-0.1, -0.05) is 11.6 Å². The van der Waals surface area contributed by atoms with Gasteiger partial charge >= 0.3 is 0 Å². The van der Waals surface area contributed by atoms with Crippen molar-refractivity contribution in [3.05, 3.63) is 64.2 Å². The standard InChI is InChI=1S/C14H10ClF2NO2/c15-11-3-2-10(6-13(11)17)20-7-9-5-8(14(18)19)1-4-12(9)16/h1-6H,7H2,(H2,18,19). The number of carbonyl (C=O) groups is 1. The van der Waals surface area contributed by atoms with Gasteiger partial charge in [0.2, 0.25) is 5.91 Å². The molecular weight excluding hydrogens is 288 g/mol. The Kier molecular flexibility index (Phi) is 4.20. The molecule has 0 aromatic heterocycles. The number of halogens is 3. The molecule has 0 spiro atoms. The van der Waals surface area contributed by atoms with Crippen LogP contribution >= 0.6 is 11.6 Å². The normalized spacial score (nSPS) is 10.3. The fourth-order valence-electron chi connectivity index (χ4n) is 1.57. The first kappa shape index (κ1) is 14.3. The highest BCUT2D eigenvalue weighted by atomic mass is 35.5. The summed E-state index contributed by atoms with van der Waals surface area (Å²) >= 11 is 5.54. The Labute approximate surface area is 118 Å². The molecule has 0 aliphatic rings. The second-order valence-corrected chi connectivity index (χ2v) is 4.44. The van der Waals surface area contributed by atoms with Crippen LogP contribution in [0.3, 0.4) is 0 Å². The molecule has 0 unspecified atom stereocenters. The van der Waals surface area contributed by atoms with Gasteiger partial charge in [0.05, 0.1) is 5.02 Å². The predicted octanol–water partition coefficient (Wildman–Crippen LogP) is 3.30. The quantitative estimate of drug-likeness (QED) is 0.941. The molecule has 2 aromatic rings. The molecule has 0 saturated heterocycles. The van der Waals surface area contributed by atoms with Crippen LogP contribution in [0.2, 0.25) is 5.02 Å². The first-order valence-electron chi connectivity index (χ1n) is 5.63. The molecule has 3 nitrogen and oxygen atoms in total. The van der Waals surface area contributed by atoms with Crippen molar-refractivity contribution >= 4 is 17.5 Å². The maximum absolute atomic E-state index is 13.6. The lowest BCUT2D eigenvalue weighted by Crippen LogP contribution is -2.12. The number of hydrogen-bond donors (Lipinski definition) is 1. The van der Waals surface area contributed by atoms with Gasteiger partial charge in [0, 0.05) is 17.2 Å². The lowest BCUT2D eigenvalue weighted by Gasteiger charge is -2.08. The van der Waals surface area contributed by atoms with Gasteiger partial charge in [-0.2, -0.15) is 0 Å². The number of hydrogen-bond acceptors (Lipinski definition) is 2. The molecule has 0 atom stereocenters. The summed E-state index contributed by atoms with van der Waals surface area (Å²) in [4.78, 5) is 11.0. The molecule has 20 heavy (non-hydrogen) atoms. The summed E-state index contributed by atoms with van der Waals surface area (Å²) in [6.45, 7) is -0.159. The van der Waals surface area contributed by atoms with E-state index in [9.17, 15) is 13.6 Å².